The van der Waals surface area contributed by atoms with Crippen LogP contribution in [0.5, 0.6) is 11.5 Å². The van der Waals surface area contributed by atoms with E-state index in [0.29, 0.717) is 17.1 Å². The lowest BCUT2D eigenvalue weighted by molar-refractivity contribution is -0.134. The number of benzene rings is 1. The normalized spacial score (nSPS) is 16.5. The van der Waals surface area contributed by atoms with E-state index in [4.69, 9.17) is 9.47 Å². The maximum absolute atomic E-state index is 12.4. The summed E-state index contributed by atoms with van der Waals surface area (Å²) < 4.78 is 39.6. The van der Waals surface area contributed by atoms with Gasteiger partial charge in [-0.1, -0.05) is 0 Å². The molecule has 1 N–H and O–H groups in total. The van der Waals surface area contributed by atoms with Gasteiger partial charge < -0.3 is 14.6 Å². The molecule has 130 valence electrons. The first-order valence-corrected chi connectivity index (χ1v) is 8.42. The lowest BCUT2D eigenvalue weighted by atomic mass is 10.1. The largest absolute Gasteiger partial charge is 0.493 e. The Morgan fingerprint density at radius 1 is 1.21 bits per heavy atom. The van der Waals surface area contributed by atoms with Crippen molar-refractivity contribution < 1.29 is 27.8 Å². The van der Waals surface area contributed by atoms with E-state index in [-0.39, 0.29) is 11.4 Å². The Bertz CT molecular complexity index is 826. The van der Waals surface area contributed by atoms with Crippen LogP contribution < -0.4 is 9.47 Å². The standard InChI is InChI=1S/C15H18N2O6S/c1-9(2)17-12(15(18)19)8-11(16-24(17,20)21)10-5-6-13(22-3)14(7-10)23-4/h5-9H,1-4H3,(H,18,19). The summed E-state index contributed by atoms with van der Waals surface area (Å²) in [6.45, 7) is 3.15. The van der Waals surface area contributed by atoms with Crippen LogP contribution in [0.25, 0.3) is 0 Å². The summed E-state index contributed by atoms with van der Waals surface area (Å²) in [5, 5.41) is 9.36. The molecular formula is C15H18N2O6S. The number of carboxylic acid groups (broad SMARTS) is 1. The van der Waals surface area contributed by atoms with Crippen LogP contribution >= 0.6 is 0 Å². The fraction of sp³-hybridized carbons (Fsp3) is 0.333. The average Bonchev–Trinajstić information content (AvgIpc) is 2.51. The van der Waals surface area contributed by atoms with E-state index in [1.165, 1.54) is 26.4 Å². The van der Waals surface area contributed by atoms with Crippen molar-refractivity contribution in [1.82, 2.24) is 4.31 Å². The summed E-state index contributed by atoms with van der Waals surface area (Å²) >= 11 is 0. The average molecular weight is 354 g/mol. The van der Waals surface area contributed by atoms with Crippen molar-refractivity contribution in [3.8, 4) is 11.5 Å². The van der Waals surface area contributed by atoms with Gasteiger partial charge >= 0.3 is 16.2 Å². The predicted octanol–water partition coefficient (Wildman–Crippen LogP) is 1.43. The molecule has 0 spiro atoms. The molecule has 8 nitrogen and oxygen atoms in total. The summed E-state index contributed by atoms with van der Waals surface area (Å²) in [6.07, 6.45) is 1.23. The van der Waals surface area contributed by atoms with Gasteiger partial charge in [0.05, 0.1) is 19.9 Å². The third-order valence-electron chi connectivity index (χ3n) is 3.34. The highest BCUT2D eigenvalue weighted by Crippen LogP contribution is 2.30. The molecule has 0 bridgehead atoms. The third kappa shape index (κ3) is 3.21. The van der Waals surface area contributed by atoms with Crippen molar-refractivity contribution in [2.45, 2.75) is 19.9 Å². The molecule has 0 atom stereocenters. The van der Waals surface area contributed by atoms with Crippen molar-refractivity contribution in [3.05, 3.63) is 35.5 Å². The topological polar surface area (TPSA) is 106 Å². The van der Waals surface area contributed by atoms with Gasteiger partial charge in [-0.2, -0.15) is 8.42 Å². The number of hydrogen-bond acceptors (Lipinski definition) is 5. The van der Waals surface area contributed by atoms with E-state index in [1.54, 1.807) is 26.0 Å². The molecule has 24 heavy (non-hydrogen) atoms. The van der Waals surface area contributed by atoms with Gasteiger partial charge in [-0.25, -0.2) is 9.10 Å². The molecule has 0 saturated heterocycles. The molecule has 1 aliphatic heterocycles. The van der Waals surface area contributed by atoms with Gasteiger partial charge in [0.15, 0.2) is 11.5 Å². The molecule has 0 aromatic heterocycles. The van der Waals surface area contributed by atoms with Crippen molar-refractivity contribution >= 4 is 21.9 Å². The predicted molar refractivity (Wildman–Crippen MR) is 87.7 cm³/mol. The van der Waals surface area contributed by atoms with Crippen LogP contribution in [-0.4, -0.2) is 49.8 Å². The summed E-state index contributed by atoms with van der Waals surface area (Å²) in [5.74, 6) is -0.501. The zero-order chi connectivity index (χ0) is 18.1. The minimum Gasteiger partial charge on any atom is -0.493 e. The van der Waals surface area contributed by atoms with Crippen molar-refractivity contribution in [1.29, 1.82) is 0 Å². The monoisotopic (exact) mass is 354 g/mol. The maximum Gasteiger partial charge on any atom is 0.353 e. The quantitative estimate of drug-likeness (QED) is 0.857. The minimum absolute atomic E-state index is 0.0188. The third-order valence-corrected chi connectivity index (χ3v) is 4.88. The van der Waals surface area contributed by atoms with Gasteiger partial charge in [0.25, 0.3) is 0 Å². The van der Waals surface area contributed by atoms with Crippen LogP contribution in [0.4, 0.5) is 0 Å². The highest BCUT2D eigenvalue weighted by Gasteiger charge is 2.35. The van der Waals surface area contributed by atoms with E-state index in [9.17, 15) is 18.3 Å². The van der Waals surface area contributed by atoms with Crippen molar-refractivity contribution in [2.75, 3.05) is 14.2 Å². The number of aliphatic carboxylic acids is 1. The first kappa shape index (κ1) is 17.8. The van der Waals surface area contributed by atoms with Gasteiger partial charge in [0, 0.05) is 11.6 Å². The van der Waals surface area contributed by atoms with Crippen molar-refractivity contribution in [2.24, 2.45) is 4.40 Å². The zero-order valence-electron chi connectivity index (χ0n) is 13.7. The van der Waals surface area contributed by atoms with Crippen LogP contribution in [0.2, 0.25) is 0 Å². The number of rotatable bonds is 5. The lowest BCUT2D eigenvalue weighted by Gasteiger charge is -2.29. The number of methoxy groups -OCH3 is 2. The second-order valence-electron chi connectivity index (χ2n) is 5.25. The molecule has 0 fully saturated rings. The van der Waals surface area contributed by atoms with E-state index >= 15 is 0 Å². The molecular weight excluding hydrogens is 336 g/mol. The SMILES string of the molecule is COc1ccc(C2=NS(=O)(=O)N(C(C)C)C(C(=O)O)=C2)cc1OC. The summed E-state index contributed by atoms with van der Waals surface area (Å²) in [4.78, 5) is 11.5. The van der Waals surface area contributed by atoms with Gasteiger partial charge in [0.2, 0.25) is 0 Å². The molecule has 0 radical (unpaired) electrons. The zero-order valence-corrected chi connectivity index (χ0v) is 14.5. The highest BCUT2D eigenvalue weighted by molar-refractivity contribution is 7.88. The highest BCUT2D eigenvalue weighted by atomic mass is 32.2. The number of allylic oxidation sites excluding steroid dienone is 1. The molecule has 0 aliphatic carbocycles. The Balaban J connectivity index is 2.61. The fourth-order valence-corrected chi connectivity index (χ4v) is 3.75. The van der Waals surface area contributed by atoms with Gasteiger partial charge in [-0.05, 0) is 38.1 Å². The Morgan fingerprint density at radius 2 is 1.83 bits per heavy atom. The molecule has 2 rings (SSSR count). The molecule has 0 amide bonds. The van der Waals surface area contributed by atoms with E-state index < -0.39 is 22.2 Å². The summed E-state index contributed by atoms with van der Waals surface area (Å²) in [6, 6.07) is 4.13. The van der Waals surface area contributed by atoms with Gasteiger partial charge in [-0.15, -0.1) is 4.40 Å². The number of carbonyl (C=O) groups is 1. The van der Waals surface area contributed by atoms with E-state index in [1.807, 2.05) is 0 Å². The first-order valence-electron chi connectivity index (χ1n) is 7.03. The molecule has 0 unspecified atom stereocenters. The Morgan fingerprint density at radius 3 is 2.33 bits per heavy atom. The van der Waals surface area contributed by atoms with E-state index in [2.05, 4.69) is 4.40 Å². The van der Waals surface area contributed by atoms with Crippen LogP contribution in [0.15, 0.2) is 34.4 Å². The van der Waals surface area contributed by atoms with Gasteiger partial charge in [-0.3, -0.25) is 0 Å². The second kappa shape index (κ2) is 6.52. The molecule has 1 aromatic rings. The molecule has 0 saturated carbocycles. The maximum atomic E-state index is 12.4. The second-order valence-corrected chi connectivity index (χ2v) is 6.72. The smallest absolute Gasteiger partial charge is 0.353 e. The Kier molecular flexibility index (Phi) is 4.83. The van der Waals surface area contributed by atoms with Crippen molar-refractivity contribution in [3.63, 3.8) is 0 Å². The van der Waals surface area contributed by atoms with E-state index in [0.717, 1.165) is 4.31 Å². The number of hydrogen-bond donors (Lipinski definition) is 1. The molecule has 1 aliphatic rings. The molecule has 1 aromatic carbocycles. The van der Waals surface area contributed by atoms with Gasteiger partial charge in [0.1, 0.15) is 5.70 Å². The summed E-state index contributed by atoms with van der Waals surface area (Å²) in [7, 11) is -1.23. The first-order chi connectivity index (χ1) is 11.2. The minimum atomic E-state index is -4.15. The summed E-state index contributed by atoms with van der Waals surface area (Å²) in [5.41, 5.74) is 0.0634. The lowest BCUT2D eigenvalue weighted by Crippen LogP contribution is -2.40. The van der Waals surface area contributed by atoms with Crippen LogP contribution in [0, 0.1) is 0 Å². The molecule has 9 heteroatoms. The number of carboxylic acids is 1. The Hall–Kier alpha value is -2.55. The van der Waals surface area contributed by atoms with Crippen LogP contribution in [-0.2, 0) is 15.0 Å². The fourth-order valence-electron chi connectivity index (χ4n) is 2.34. The number of nitrogens with zero attached hydrogens (tertiary/aromatic N) is 2. The number of ether oxygens (including phenoxy) is 2. The van der Waals surface area contributed by atoms with Crippen LogP contribution in [0.3, 0.4) is 0 Å². The van der Waals surface area contributed by atoms with Crippen LogP contribution in [0.1, 0.15) is 19.4 Å². The molecule has 1 heterocycles. The Labute approximate surface area is 140 Å².